The van der Waals surface area contributed by atoms with Crippen LogP contribution < -0.4 is 5.32 Å². The maximum Gasteiger partial charge on any atom is 0.337 e. The van der Waals surface area contributed by atoms with Crippen molar-refractivity contribution in [3.05, 3.63) is 22.8 Å². The van der Waals surface area contributed by atoms with Crippen molar-refractivity contribution >= 4 is 23.4 Å². The maximum absolute atomic E-state index is 11.0. The van der Waals surface area contributed by atoms with Crippen LogP contribution in [0.4, 0.5) is 5.82 Å². The van der Waals surface area contributed by atoms with Gasteiger partial charge in [0.15, 0.2) is 0 Å². The number of aromatic carboxylic acids is 1. The van der Waals surface area contributed by atoms with E-state index in [0.29, 0.717) is 12.4 Å². The van der Waals surface area contributed by atoms with Crippen molar-refractivity contribution in [1.29, 1.82) is 0 Å². The minimum atomic E-state index is -1.05. The second-order valence-corrected chi connectivity index (χ2v) is 4.94. The van der Waals surface area contributed by atoms with Gasteiger partial charge in [-0.3, -0.25) is 4.90 Å². The molecule has 6 nitrogen and oxygen atoms in total. The Morgan fingerprint density at radius 3 is 2.95 bits per heavy atom. The number of anilines is 1. The number of carboxylic acid groups (broad SMARTS) is 1. The number of rotatable bonds is 6. The fourth-order valence-electron chi connectivity index (χ4n) is 2.07. The van der Waals surface area contributed by atoms with Crippen molar-refractivity contribution in [3.8, 4) is 0 Å². The molecule has 7 heteroatoms. The summed E-state index contributed by atoms with van der Waals surface area (Å²) in [6.45, 7) is 5.20. The van der Waals surface area contributed by atoms with E-state index in [1.807, 2.05) is 0 Å². The summed E-state index contributed by atoms with van der Waals surface area (Å²) >= 11 is 6.00. The molecule has 0 unspecified atom stereocenters. The van der Waals surface area contributed by atoms with Crippen molar-refractivity contribution in [3.63, 3.8) is 0 Å². The third kappa shape index (κ3) is 4.06. The Kier molecular flexibility index (Phi) is 5.58. The first-order valence-corrected chi connectivity index (χ1v) is 6.98. The average Bonchev–Trinajstić information content (AvgIpc) is 2.46. The Morgan fingerprint density at radius 1 is 1.50 bits per heavy atom. The Balaban J connectivity index is 1.79. The smallest absolute Gasteiger partial charge is 0.337 e. The lowest BCUT2D eigenvalue weighted by atomic mass is 10.2. The Bertz CT molecular complexity index is 464. The highest BCUT2D eigenvalue weighted by atomic mass is 35.5. The van der Waals surface area contributed by atoms with Crippen LogP contribution >= 0.6 is 11.6 Å². The zero-order chi connectivity index (χ0) is 14.4. The first-order valence-electron chi connectivity index (χ1n) is 6.60. The quantitative estimate of drug-likeness (QED) is 0.777. The summed E-state index contributed by atoms with van der Waals surface area (Å²) in [6.07, 6.45) is 2.38. The van der Waals surface area contributed by atoms with Crippen LogP contribution in [0.5, 0.6) is 0 Å². The van der Waals surface area contributed by atoms with Crippen molar-refractivity contribution in [2.24, 2.45) is 0 Å². The first kappa shape index (κ1) is 15.0. The number of aromatic nitrogens is 1. The molecule has 0 atom stereocenters. The maximum atomic E-state index is 11.0. The highest BCUT2D eigenvalue weighted by molar-refractivity contribution is 6.35. The molecule has 1 aliphatic rings. The Hall–Kier alpha value is -1.37. The highest BCUT2D eigenvalue weighted by Crippen LogP contribution is 2.23. The van der Waals surface area contributed by atoms with E-state index in [1.54, 1.807) is 0 Å². The largest absolute Gasteiger partial charge is 0.478 e. The number of nitrogens with zero attached hydrogens (tertiary/aromatic N) is 2. The predicted molar refractivity (Wildman–Crippen MR) is 76.6 cm³/mol. The molecule has 20 heavy (non-hydrogen) atoms. The molecule has 1 aliphatic heterocycles. The van der Waals surface area contributed by atoms with E-state index in [4.69, 9.17) is 21.4 Å². The third-order valence-electron chi connectivity index (χ3n) is 3.17. The van der Waals surface area contributed by atoms with Gasteiger partial charge in [0.2, 0.25) is 0 Å². The topological polar surface area (TPSA) is 74.7 Å². The van der Waals surface area contributed by atoms with Gasteiger partial charge in [0.1, 0.15) is 5.82 Å². The number of pyridine rings is 1. The third-order valence-corrected chi connectivity index (χ3v) is 3.55. The number of morpholine rings is 1. The number of halogens is 1. The predicted octanol–water partition coefficient (Wildman–Crippen LogP) is 1.57. The number of hydrogen-bond acceptors (Lipinski definition) is 5. The van der Waals surface area contributed by atoms with Crippen molar-refractivity contribution in [2.45, 2.75) is 6.42 Å². The van der Waals surface area contributed by atoms with E-state index in [0.717, 1.165) is 39.3 Å². The van der Waals surface area contributed by atoms with Crippen LogP contribution in [-0.2, 0) is 4.74 Å². The monoisotopic (exact) mass is 299 g/mol. The van der Waals surface area contributed by atoms with Crippen molar-refractivity contribution in [1.82, 2.24) is 9.88 Å². The summed E-state index contributed by atoms with van der Waals surface area (Å²) in [6, 6.07) is 1.39. The van der Waals surface area contributed by atoms with E-state index in [9.17, 15) is 4.79 Å². The molecule has 2 heterocycles. The summed E-state index contributed by atoms with van der Waals surface area (Å²) < 4.78 is 5.29. The fourth-order valence-corrected chi connectivity index (χ4v) is 2.33. The molecule has 2 rings (SSSR count). The summed E-state index contributed by atoms with van der Waals surface area (Å²) in [4.78, 5) is 17.4. The van der Waals surface area contributed by atoms with Gasteiger partial charge in [-0.1, -0.05) is 11.6 Å². The van der Waals surface area contributed by atoms with Gasteiger partial charge in [-0.05, 0) is 19.0 Å². The van der Waals surface area contributed by atoms with Crippen molar-refractivity contribution in [2.75, 3.05) is 44.7 Å². The molecule has 0 saturated carbocycles. The van der Waals surface area contributed by atoms with Crippen LogP contribution in [-0.4, -0.2) is 60.4 Å². The lowest BCUT2D eigenvalue weighted by Crippen LogP contribution is -2.37. The highest BCUT2D eigenvalue weighted by Gasteiger charge is 2.13. The second-order valence-electron chi connectivity index (χ2n) is 4.56. The number of ether oxygens (including phenoxy) is 1. The van der Waals surface area contributed by atoms with E-state index in [1.165, 1.54) is 12.3 Å². The lowest BCUT2D eigenvalue weighted by molar-refractivity contribution is 0.0378. The van der Waals surface area contributed by atoms with Crippen LogP contribution in [0.3, 0.4) is 0 Å². The molecule has 110 valence electrons. The number of carbonyl (C=O) groups is 1. The van der Waals surface area contributed by atoms with Gasteiger partial charge in [0, 0.05) is 25.8 Å². The van der Waals surface area contributed by atoms with Crippen LogP contribution in [0.15, 0.2) is 12.3 Å². The Morgan fingerprint density at radius 2 is 2.25 bits per heavy atom. The molecule has 0 spiro atoms. The summed E-state index contributed by atoms with van der Waals surface area (Å²) in [5, 5.41) is 12.2. The van der Waals surface area contributed by atoms with Crippen molar-refractivity contribution < 1.29 is 14.6 Å². The summed E-state index contributed by atoms with van der Waals surface area (Å²) in [7, 11) is 0. The van der Waals surface area contributed by atoms with Gasteiger partial charge in [-0.15, -0.1) is 0 Å². The fraction of sp³-hybridized carbons (Fsp3) is 0.538. The molecule has 1 fully saturated rings. The van der Waals surface area contributed by atoms with Crippen LogP contribution in [0, 0.1) is 0 Å². The van der Waals surface area contributed by atoms with Crippen LogP contribution in [0.25, 0.3) is 0 Å². The van der Waals surface area contributed by atoms with Gasteiger partial charge in [0.25, 0.3) is 0 Å². The van der Waals surface area contributed by atoms with Gasteiger partial charge in [0.05, 0.1) is 23.8 Å². The minimum Gasteiger partial charge on any atom is -0.478 e. The van der Waals surface area contributed by atoms with Gasteiger partial charge in [-0.25, -0.2) is 9.78 Å². The molecule has 0 aliphatic carbocycles. The molecule has 0 aromatic carbocycles. The zero-order valence-corrected chi connectivity index (χ0v) is 11.9. The normalized spacial score (nSPS) is 16.1. The molecule has 1 aromatic heterocycles. The minimum absolute atomic E-state index is 0.0670. The molecule has 0 amide bonds. The average molecular weight is 300 g/mol. The number of carboxylic acids is 1. The van der Waals surface area contributed by atoms with Crippen LogP contribution in [0.1, 0.15) is 16.8 Å². The molecule has 1 aromatic rings. The number of nitrogens with one attached hydrogen (secondary N) is 1. The standard InChI is InChI=1S/C13H18ClN3O3/c14-11-10(13(18)19)2-4-16-12(11)15-3-1-5-17-6-8-20-9-7-17/h2,4H,1,3,5-9H2,(H,15,16)(H,18,19). The van der Waals surface area contributed by atoms with E-state index >= 15 is 0 Å². The molecular formula is C13H18ClN3O3. The molecule has 0 bridgehead atoms. The second kappa shape index (κ2) is 7.42. The zero-order valence-electron chi connectivity index (χ0n) is 11.1. The number of hydrogen-bond donors (Lipinski definition) is 2. The first-order chi connectivity index (χ1) is 9.68. The van der Waals surface area contributed by atoms with E-state index in [-0.39, 0.29) is 10.6 Å². The van der Waals surface area contributed by atoms with Gasteiger partial charge < -0.3 is 15.2 Å². The summed E-state index contributed by atoms with van der Waals surface area (Å²) in [5.41, 5.74) is 0.0670. The molecular weight excluding hydrogens is 282 g/mol. The van der Waals surface area contributed by atoms with Gasteiger partial charge >= 0.3 is 5.97 Å². The SMILES string of the molecule is O=C(O)c1ccnc(NCCCN2CCOCC2)c1Cl. The molecule has 0 radical (unpaired) electrons. The van der Waals surface area contributed by atoms with Gasteiger partial charge in [-0.2, -0.15) is 0 Å². The molecule has 1 saturated heterocycles. The van der Waals surface area contributed by atoms with E-state index in [2.05, 4.69) is 15.2 Å². The van der Waals surface area contributed by atoms with E-state index < -0.39 is 5.97 Å². The molecule has 2 N–H and O–H groups in total. The van der Waals surface area contributed by atoms with Crippen LogP contribution in [0.2, 0.25) is 5.02 Å². The Labute approximate surface area is 122 Å². The lowest BCUT2D eigenvalue weighted by Gasteiger charge is -2.26. The summed E-state index contributed by atoms with van der Waals surface area (Å²) in [5.74, 6) is -0.623.